The molecule has 2 heterocycles. The lowest BCUT2D eigenvalue weighted by atomic mass is 9.93. The SMILES string of the molecule is COc1ccc(C(=O)Nc2cc(C(C)(C)C)on2)cc1S(=O)(=O)N1CCOCC1. The van der Waals surface area contributed by atoms with Gasteiger partial charge in [-0.3, -0.25) is 4.79 Å². The number of hydrogen-bond acceptors (Lipinski definition) is 7. The second kappa shape index (κ2) is 8.13. The predicted molar refractivity (Wildman–Crippen MR) is 106 cm³/mol. The summed E-state index contributed by atoms with van der Waals surface area (Å²) >= 11 is 0. The number of anilines is 1. The van der Waals surface area contributed by atoms with Crippen molar-refractivity contribution in [1.29, 1.82) is 0 Å². The van der Waals surface area contributed by atoms with Crippen LogP contribution in [0.4, 0.5) is 5.82 Å². The highest BCUT2D eigenvalue weighted by molar-refractivity contribution is 7.89. The Morgan fingerprint density at radius 1 is 1.21 bits per heavy atom. The van der Waals surface area contributed by atoms with Crippen molar-refractivity contribution in [3.05, 3.63) is 35.6 Å². The number of amides is 1. The molecule has 0 radical (unpaired) electrons. The number of methoxy groups -OCH3 is 1. The first-order chi connectivity index (χ1) is 13.6. The van der Waals surface area contributed by atoms with Gasteiger partial charge in [-0.1, -0.05) is 25.9 Å². The summed E-state index contributed by atoms with van der Waals surface area (Å²) in [5, 5.41) is 6.49. The Kier molecular flexibility index (Phi) is 5.97. The van der Waals surface area contributed by atoms with Crippen LogP contribution in [0, 0.1) is 0 Å². The number of benzene rings is 1. The second-order valence-electron chi connectivity index (χ2n) is 7.66. The van der Waals surface area contributed by atoms with E-state index in [2.05, 4.69) is 10.5 Å². The molecule has 0 unspecified atom stereocenters. The Balaban J connectivity index is 1.88. The molecule has 1 saturated heterocycles. The van der Waals surface area contributed by atoms with E-state index in [-0.39, 0.29) is 40.5 Å². The Hall–Kier alpha value is -2.43. The standard InChI is InChI=1S/C19H25N3O6S/c1-19(2,3)16-12-17(21-28-16)20-18(23)13-5-6-14(26-4)15(11-13)29(24,25)22-7-9-27-10-8-22/h5-6,11-12H,7-10H2,1-4H3,(H,20,21,23). The number of nitrogens with zero attached hydrogens (tertiary/aromatic N) is 2. The average Bonchev–Trinajstić information content (AvgIpc) is 3.17. The highest BCUT2D eigenvalue weighted by Crippen LogP contribution is 2.29. The Morgan fingerprint density at radius 3 is 2.48 bits per heavy atom. The number of sulfonamides is 1. The van der Waals surface area contributed by atoms with E-state index in [0.29, 0.717) is 19.0 Å². The quantitative estimate of drug-likeness (QED) is 0.785. The molecule has 10 heteroatoms. The fourth-order valence-corrected chi connectivity index (χ4v) is 4.41. The zero-order chi connectivity index (χ0) is 21.2. The van der Waals surface area contributed by atoms with Crippen molar-refractivity contribution in [3.63, 3.8) is 0 Å². The number of carbonyl (C=O) groups excluding carboxylic acids is 1. The van der Waals surface area contributed by atoms with Gasteiger partial charge in [0.1, 0.15) is 16.4 Å². The molecular weight excluding hydrogens is 398 g/mol. The maximum absolute atomic E-state index is 13.0. The average molecular weight is 423 g/mol. The molecule has 1 N–H and O–H groups in total. The Morgan fingerprint density at radius 2 is 1.90 bits per heavy atom. The van der Waals surface area contributed by atoms with E-state index < -0.39 is 15.9 Å². The largest absolute Gasteiger partial charge is 0.495 e. The normalized spacial score (nSPS) is 15.9. The zero-order valence-electron chi connectivity index (χ0n) is 16.9. The third-order valence-electron chi connectivity index (χ3n) is 4.50. The Labute approximate surface area is 170 Å². The van der Waals surface area contributed by atoms with Crippen molar-refractivity contribution in [2.45, 2.75) is 31.1 Å². The maximum Gasteiger partial charge on any atom is 0.256 e. The van der Waals surface area contributed by atoms with Crippen molar-refractivity contribution < 1.29 is 27.2 Å². The summed E-state index contributed by atoms with van der Waals surface area (Å²) in [6, 6.07) is 5.92. The first-order valence-electron chi connectivity index (χ1n) is 9.17. The first kappa shape index (κ1) is 21.3. The minimum Gasteiger partial charge on any atom is -0.495 e. The van der Waals surface area contributed by atoms with E-state index in [1.54, 1.807) is 6.07 Å². The van der Waals surface area contributed by atoms with Crippen molar-refractivity contribution in [2.75, 3.05) is 38.7 Å². The van der Waals surface area contributed by atoms with E-state index in [9.17, 15) is 13.2 Å². The molecule has 1 fully saturated rings. The number of hydrogen-bond donors (Lipinski definition) is 1. The van der Waals surface area contributed by atoms with Crippen LogP contribution in [-0.2, 0) is 20.2 Å². The van der Waals surface area contributed by atoms with Gasteiger partial charge in [-0.2, -0.15) is 4.31 Å². The van der Waals surface area contributed by atoms with Gasteiger partial charge in [-0.05, 0) is 18.2 Å². The molecule has 29 heavy (non-hydrogen) atoms. The zero-order valence-corrected chi connectivity index (χ0v) is 17.7. The summed E-state index contributed by atoms with van der Waals surface area (Å²) in [6.45, 7) is 7.03. The smallest absolute Gasteiger partial charge is 0.256 e. The third-order valence-corrected chi connectivity index (χ3v) is 6.42. The van der Waals surface area contributed by atoms with E-state index >= 15 is 0 Å². The van der Waals surface area contributed by atoms with Gasteiger partial charge in [0.15, 0.2) is 5.82 Å². The van der Waals surface area contributed by atoms with E-state index in [1.165, 1.54) is 29.6 Å². The van der Waals surface area contributed by atoms with Crippen LogP contribution in [0.2, 0.25) is 0 Å². The molecule has 1 amide bonds. The Bertz CT molecular complexity index is 988. The van der Waals surface area contributed by atoms with Gasteiger partial charge in [0, 0.05) is 30.1 Å². The summed E-state index contributed by atoms with van der Waals surface area (Å²) in [6.07, 6.45) is 0. The third kappa shape index (κ3) is 4.60. The molecule has 1 aromatic heterocycles. The molecule has 0 atom stereocenters. The second-order valence-corrected chi connectivity index (χ2v) is 9.57. The lowest BCUT2D eigenvalue weighted by Crippen LogP contribution is -2.40. The van der Waals surface area contributed by atoms with E-state index in [1.807, 2.05) is 20.8 Å². The maximum atomic E-state index is 13.0. The van der Waals surface area contributed by atoms with Crippen molar-refractivity contribution >= 4 is 21.7 Å². The molecule has 1 aliphatic heterocycles. The molecule has 158 valence electrons. The summed E-state index contributed by atoms with van der Waals surface area (Å²) in [5.41, 5.74) is -0.0897. The molecular formula is C19H25N3O6S. The van der Waals surface area contributed by atoms with Crippen LogP contribution in [0.15, 0.2) is 33.7 Å². The minimum atomic E-state index is -3.83. The predicted octanol–water partition coefficient (Wildman–Crippen LogP) is 2.25. The fraction of sp³-hybridized carbons (Fsp3) is 0.474. The molecule has 0 bridgehead atoms. The molecule has 0 spiro atoms. The highest BCUT2D eigenvalue weighted by Gasteiger charge is 2.30. The van der Waals surface area contributed by atoms with Gasteiger partial charge in [-0.15, -0.1) is 0 Å². The van der Waals surface area contributed by atoms with Gasteiger partial charge < -0.3 is 19.3 Å². The lowest BCUT2D eigenvalue weighted by molar-refractivity contribution is 0.0729. The molecule has 1 aliphatic rings. The highest BCUT2D eigenvalue weighted by atomic mass is 32.2. The summed E-state index contributed by atoms with van der Waals surface area (Å²) in [4.78, 5) is 12.6. The summed E-state index contributed by atoms with van der Waals surface area (Å²) < 4.78 is 43.1. The van der Waals surface area contributed by atoms with Crippen LogP contribution in [0.3, 0.4) is 0 Å². The molecule has 1 aromatic carbocycles. The molecule has 9 nitrogen and oxygen atoms in total. The van der Waals surface area contributed by atoms with Crippen molar-refractivity contribution in [3.8, 4) is 5.75 Å². The van der Waals surface area contributed by atoms with Crippen molar-refractivity contribution in [2.24, 2.45) is 0 Å². The van der Waals surface area contributed by atoms with Crippen LogP contribution in [0.25, 0.3) is 0 Å². The van der Waals surface area contributed by atoms with Crippen LogP contribution in [0.1, 0.15) is 36.9 Å². The lowest BCUT2D eigenvalue weighted by Gasteiger charge is -2.26. The van der Waals surface area contributed by atoms with Gasteiger partial charge in [0.25, 0.3) is 5.91 Å². The van der Waals surface area contributed by atoms with Crippen molar-refractivity contribution in [1.82, 2.24) is 9.46 Å². The molecule has 0 saturated carbocycles. The molecule has 3 rings (SSSR count). The molecule has 2 aromatic rings. The number of carbonyl (C=O) groups is 1. The first-order valence-corrected chi connectivity index (χ1v) is 10.6. The van der Waals surface area contributed by atoms with Gasteiger partial charge >= 0.3 is 0 Å². The van der Waals surface area contributed by atoms with Gasteiger partial charge in [0.2, 0.25) is 10.0 Å². The monoisotopic (exact) mass is 423 g/mol. The summed E-state index contributed by atoms with van der Waals surface area (Å²) in [7, 11) is -2.45. The van der Waals surface area contributed by atoms with E-state index in [0.717, 1.165) is 0 Å². The van der Waals surface area contributed by atoms with Crippen LogP contribution in [0.5, 0.6) is 5.75 Å². The fourth-order valence-electron chi connectivity index (χ4n) is 2.82. The van der Waals surface area contributed by atoms with Crippen LogP contribution < -0.4 is 10.1 Å². The van der Waals surface area contributed by atoms with Gasteiger partial charge in [-0.25, -0.2) is 8.42 Å². The molecule has 0 aliphatic carbocycles. The number of nitrogens with one attached hydrogen (secondary N) is 1. The number of aromatic nitrogens is 1. The van der Waals surface area contributed by atoms with Crippen LogP contribution in [-0.4, -0.2) is 57.2 Å². The number of morpholine rings is 1. The topological polar surface area (TPSA) is 111 Å². The van der Waals surface area contributed by atoms with E-state index in [4.69, 9.17) is 14.0 Å². The summed E-state index contributed by atoms with van der Waals surface area (Å²) in [5.74, 6) is 0.552. The number of ether oxygens (including phenoxy) is 2. The number of rotatable bonds is 5. The van der Waals surface area contributed by atoms with Gasteiger partial charge in [0.05, 0.1) is 20.3 Å². The van der Waals surface area contributed by atoms with Crippen LogP contribution >= 0.6 is 0 Å². The minimum absolute atomic E-state index is 0.0647.